The van der Waals surface area contributed by atoms with Gasteiger partial charge in [-0.15, -0.1) is 0 Å². The van der Waals surface area contributed by atoms with E-state index in [0.717, 1.165) is 22.3 Å². The Labute approximate surface area is 169 Å². The molecule has 0 saturated heterocycles. The number of carbonyl (C=O) groups excluding carboxylic acids is 1. The van der Waals surface area contributed by atoms with Crippen molar-refractivity contribution >= 4 is 5.91 Å². The highest BCUT2D eigenvalue weighted by Crippen LogP contribution is 2.40. The predicted molar refractivity (Wildman–Crippen MR) is 114 cm³/mol. The van der Waals surface area contributed by atoms with Crippen molar-refractivity contribution in [1.29, 1.82) is 0 Å². The molecular weight excluding hydrogens is 350 g/mol. The summed E-state index contributed by atoms with van der Waals surface area (Å²) in [6.45, 7) is 13.2. The third kappa shape index (κ3) is 5.37. The molecule has 0 atom stereocenters. The number of hydrogen-bond acceptors (Lipinski definition) is 3. The van der Waals surface area contributed by atoms with Gasteiger partial charge in [0.25, 0.3) is 0 Å². The molecule has 1 amide bonds. The standard InChI is InChI=1S/C23H35N3O2/c1-22(2,3)18-11-16(12-19(21(18)28)23(4,5)6)9-10-20(27)25(7)14-17-13-24-26(8)15-17/h11-13,15,28H,9-10,14H2,1-8H3. The Balaban J connectivity index is 2.17. The van der Waals surface area contributed by atoms with Gasteiger partial charge in [-0.1, -0.05) is 53.7 Å². The molecule has 0 radical (unpaired) electrons. The first-order chi connectivity index (χ1) is 12.8. The lowest BCUT2D eigenvalue weighted by Crippen LogP contribution is -2.26. The van der Waals surface area contributed by atoms with Crippen LogP contribution in [0.2, 0.25) is 0 Å². The van der Waals surface area contributed by atoms with E-state index in [-0.39, 0.29) is 16.7 Å². The van der Waals surface area contributed by atoms with Crippen LogP contribution in [-0.2, 0) is 35.6 Å². The quantitative estimate of drug-likeness (QED) is 0.834. The van der Waals surface area contributed by atoms with Gasteiger partial charge in [0.1, 0.15) is 5.75 Å². The zero-order valence-corrected chi connectivity index (χ0v) is 18.6. The molecule has 0 saturated carbocycles. The van der Waals surface area contributed by atoms with Gasteiger partial charge in [-0.3, -0.25) is 9.48 Å². The third-order valence-electron chi connectivity index (χ3n) is 5.02. The molecule has 154 valence electrons. The number of aromatic nitrogens is 2. The normalized spacial score (nSPS) is 12.3. The molecule has 1 N–H and O–H groups in total. The monoisotopic (exact) mass is 385 g/mol. The summed E-state index contributed by atoms with van der Waals surface area (Å²) < 4.78 is 1.74. The number of nitrogens with zero attached hydrogens (tertiary/aromatic N) is 3. The lowest BCUT2D eigenvalue weighted by atomic mass is 9.78. The molecule has 0 fully saturated rings. The van der Waals surface area contributed by atoms with Crippen molar-refractivity contribution in [3.8, 4) is 5.75 Å². The molecule has 5 heteroatoms. The topological polar surface area (TPSA) is 58.4 Å². The fourth-order valence-corrected chi connectivity index (χ4v) is 3.34. The molecule has 1 heterocycles. The number of benzene rings is 1. The van der Waals surface area contributed by atoms with E-state index in [4.69, 9.17) is 0 Å². The highest BCUT2D eigenvalue weighted by Gasteiger charge is 2.26. The van der Waals surface area contributed by atoms with Gasteiger partial charge in [0.2, 0.25) is 5.91 Å². The van der Waals surface area contributed by atoms with E-state index in [1.54, 1.807) is 15.8 Å². The first kappa shape index (κ1) is 22.0. The first-order valence-electron chi connectivity index (χ1n) is 9.87. The number of phenols is 1. The summed E-state index contributed by atoms with van der Waals surface area (Å²) in [5, 5.41) is 15.0. The van der Waals surface area contributed by atoms with E-state index in [1.807, 2.05) is 20.3 Å². The van der Waals surface area contributed by atoms with E-state index in [1.165, 1.54) is 0 Å². The van der Waals surface area contributed by atoms with Crippen LogP contribution in [0.25, 0.3) is 0 Å². The van der Waals surface area contributed by atoms with Gasteiger partial charge in [0, 0.05) is 38.8 Å². The number of aromatic hydroxyl groups is 1. The minimum atomic E-state index is -0.165. The van der Waals surface area contributed by atoms with Crippen LogP contribution in [0.3, 0.4) is 0 Å². The smallest absolute Gasteiger partial charge is 0.222 e. The van der Waals surface area contributed by atoms with Gasteiger partial charge in [-0.25, -0.2) is 0 Å². The molecule has 0 bridgehead atoms. The zero-order valence-electron chi connectivity index (χ0n) is 18.6. The molecule has 0 aliphatic heterocycles. The largest absolute Gasteiger partial charge is 0.507 e. The number of hydrogen-bond donors (Lipinski definition) is 1. The maximum Gasteiger partial charge on any atom is 0.222 e. The van der Waals surface area contributed by atoms with Crippen LogP contribution in [-0.4, -0.2) is 32.7 Å². The molecule has 0 aliphatic carbocycles. The minimum Gasteiger partial charge on any atom is -0.507 e. The van der Waals surface area contributed by atoms with Gasteiger partial charge >= 0.3 is 0 Å². The number of carbonyl (C=O) groups is 1. The van der Waals surface area contributed by atoms with E-state index in [9.17, 15) is 9.90 Å². The van der Waals surface area contributed by atoms with Gasteiger partial charge < -0.3 is 10.0 Å². The molecule has 0 spiro atoms. The van der Waals surface area contributed by atoms with Crippen molar-refractivity contribution < 1.29 is 9.90 Å². The average molecular weight is 386 g/mol. The van der Waals surface area contributed by atoms with Crippen LogP contribution in [0.5, 0.6) is 5.75 Å². The van der Waals surface area contributed by atoms with Crippen LogP contribution in [0.15, 0.2) is 24.5 Å². The van der Waals surface area contributed by atoms with Crippen molar-refractivity contribution in [3.05, 3.63) is 46.8 Å². The fraction of sp³-hybridized carbons (Fsp3) is 0.565. The second kappa shape index (κ2) is 7.98. The zero-order chi connectivity index (χ0) is 21.3. The van der Waals surface area contributed by atoms with E-state index >= 15 is 0 Å². The van der Waals surface area contributed by atoms with Crippen LogP contribution in [0, 0.1) is 0 Å². The summed E-state index contributed by atoms with van der Waals surface area (Å²) >= 11 is 0. The third-order valence-corrected chi connectivity index (χ3v) is 5.02. The summed E-state index contributed by atoms with van der Waals surface area (Å²) in [6, 6.07) is 4.11. The molecule has 28 heavy (non-hydrogen) atoms. The summed E-state index contributed by atoms with van der Waals surface area (Å²) in [5.74, 6) is 0.482. The average Bonchev–Trinajstić information content (AvgIpc) is 2.96. The summed E-state index contributed by atoms with van der Waals surface area (Å²) in [5.41, 5.74) is 3.66. The predicted octanol–water partition coefficient (Wildman–Crippen LogP) is 4.31. The number of phenolic OH excluding ortho intramolecular Hbond substituents is 1. The first-order valence-corrected chi connectivity index (χ1v) is 9.87. The van der Waals surface area contributed by atoms with Crippen LogP contribution >= 0.6 is 0 Å². The Morgan fingerprint density at radius 2 is 1.61 bits per heavy atom. The van der Waals surface area contributed by atoms with Gasteiger partial charge in [-0.2, -0.15) is 5.10 Å². The van der Waals surface area contributed by atoms with E-state index in [2.05, 4.69) is 58.8 Å². The Hall–Kier alpha value is -2.30. The molecule has 0 aliphatic rings. The van der Waals surface area contributed by atoms with Crippen LogP contribution < -0.4 is 0 Å². The molecule has 1 aromatic heterocycles. The highest BCUT2D eigenvalue weighted by atomic mass is 16.3. The van der Waals surface area contributed by atoms with Crippen LogP contribution in [0.1, 0.15) is 70.2 Å². The maximum absolute atomic E-state index is 12.6. The minimum absolute atomic E-state index is 0.103. The van der Waals surface area contributed by atoms with Crippen molar-refractivity contribution in [2.75, 3.05) is 7.05 Å². The lowest BCUT2D eigenvalue weighted by molar-refractivity contribution is -0.130. The molecule has 0 unspecified atom stereocenters. The van der Waals surface area contributed by atoms with Gasteiger partial charge in [0.05, 0.1) is 6.20 Å². The molecular formula is C23H35N3O2. The van der Waals surface area contributed by atoms with E-state index < -0.39 is 0 Å². The SMILES string of the molecule is CN(Cc1cnn(C)c1)C(=O)CCc1cc(C(C)(C)C)c(O)c(C(C)(C)C)c1. The lowest BCUT2D eigenvalue weighted by Gasteiger charge is -2.28. The van der Waals surface area contributed by atoms with Crippen molar-refractivity contribution in [3.63, 3.8) is 0 Å². The van der Waals surface area contributed by atoms with Crippen molar-refractivity contribution in [2.45, 2.75) is 71.8 Å². The Morgan fingerprint density at radius 1 is 1.07 bits per heavy atom. The molecule has 5 nitrogen and oxygen atoms in total. The van der Waals surface area contributed by atoms with E-state index in [0.29, 0.717) is 25.1 Å². The second-order valence-electron chi connectivity index (χ2n) is 9.81. The Morgan fingerprint density at radius 3 is 2.04 bits per heavy atom. The molecule has 2 aromatic rings. The van der Waals surface area contributed by atoms with Crippen molar-refractivity contribution in [2.24, 2.45) is 7.05 Å². The number of amides is 1. The second-order valence-corrected chi connectivity index (χ2v) is 9.81. The Bertz CT molecular complexity index is 803. The highest BCUT2D eigenvalue weighted by molar-refractivity contribution is 5.76. The maximum atomic E-state index is 12.6. The summed E-state index contributed by atoms with van der Waals surface area (Å²) in [6.07, 6.45) is 4.81. The van der Waals surface area contributed by atoms with Gasteiger partial charge in [-0.05, 0) is 33.9 Å². The van der Waals surface area contributed by atoms with Crippen molar-refractivity contribution in [1.82, 2.24) is 14.7 Å². The summed E-state index contributed by atoms with van der Waals surface area (Å²) in [4.78, 5) is 14.4. The summed E-state index contributed by atoms with van der Waals surface area (Å²) in [7, 11) is 3.70. The van der Waals surface area contributed by atoms with Gasteiger partial charge in [0.15, 0.2) is 0 Å². The Kier molecular flexibility index (Phi) is 6.27. The van der Waals surface area contributed by atoms with Crippen LogP contribution in [0.4, 0.5) is 0 Å². The molecule has 2 rings (SSSR count). The number of rotatable bonds is 5. The molecule has 1 aromatic carbocycles. The fourth-order valence-electron chi connectivity index (χ4n) is 3.34. The number of aryl methyl sites for hydroxylation is 2.